The number of carbonyl (C=O) groups is 1. The van der Waals surface area contributed by atoms with Crippen molar-refractivity contribution in [3.05, 3.63) is 60.3 Å². The summed E-state index contributed by atoms with van der Waals surface area (Å²) in [6.45, 7) is 7.29. The van der Waals surface area contributed by atoms with Crippen LogP contribution in [0.15, 0.2) is 48.9 Å². The standard InChI is InChI=1S/C8H9F.C8H13N3OS.C2H2O/c1-2-7-4-3-5-8(9)6-7;1-4-11(3)5-6(2)10-8(12)7(9)13;1-2-3/h3-6H,2H2,1H3;4-5H,1H2,2-3H3,(H2,9,13)(H,10,12);1,3H/b;6-5+;. The molecule has 0 heterocycles. The number of terminal acetylenes is 1. The summed E-state index contributed by atoms with van der Waals surface area (Å²) in [7, 11) is 1.80. The Hall–Kier alpha value is -2.85. The zero-order chi connectivity index (χ0) is 19.8. The first kappa shape index (κ1) is 24.4. The van der Waals surface area contributed by atoms with E-state index in [0.29, 0.717) is 5.70 Å². The third-order valence-corrected chi connectivity index (χ3v) is 2.70. The van der Waals surface area contributed by atoms with Gasteiger partial charge in [0, 0.05) is 18.9 Å². The van der Waals surface area contributed by atoms with E-state index in [4.69, 9.17) is 10.8 Å². The average Bonchev–Trinajstić information content (AvgIpc) is 2.55. The fourth-order valence-corrected chi connectivity index (χ4v) is 1.44. The van der Waals surface area contributed by atoms with Crippen molar-refractivity contribution >= 4 is 23.1 Å². The largest absolute Gasteiger partial charge is 0.462 e. The summed E-state index contributed by atoms with van der Waals surface area (Å²) in [6.07, 6.45) is 9.61. The molecule has 1 amide bonds. The molecule has 25 heavy (non-hydrogen) atoms. The molecular weight excluding hydrogens is 341 g/mol. The number of carbonyl (C=O) groups excluding carboxylic acids is 1. The Balaban J connectivity index is 0. The molecule has 4 N–H and O–H groups in total. The monoisotopic (exact) mass is 365 g/mol. The lowest BCUT2D eigenvalue weighted by Crippen LogP contribution is -2.33. The highest BCUT2D eigenvalue weighted by atomic mass is 32.1. The quantitative estimate of drug-likeness (QED) is 0.565. The smallest absolute Gasteiger partial charge is 0.282 e. The topological polar surface area (TPSA) is 78.6 Å². The number of nitrogens with one attached hydrogen (secondary N) is 1. The number of thiocarbonyl (C=S) groups is 1. The van der Waals surface area contributed by atoms with Crippen molar-refractivity contribution in [2.75, 3.05) is 7.05 Å². The van der Waals surface area contributed by atoms with Crippen LogP contribution in [0.3, 0.4) is 0 Å². The van der Waals surface area contributed by atoms with E-state index < -0.39 is 5.91 Å². The molecule has 0 aliphatic carbocycles. The number of amides is 1. The number of rotatable bonds is 4. The van der Waals surface area contributed by atoms with Gasteiger partial charge in [-0.25, -0.2) is 4.39 Å². The molecule has 1 aromatic rings. The number of nitrogens with zero attached hydrogens (tertiary/aromatic N) is 1. The van der Waals surface area contributed by atoms with Crippen LogP contribution in [0.2, 0.25) is 0 Å². The van der Waals surface area contributed by atoms with Gasteiger partial charge in [-0.2, -0.15) is 0 Å². The van der Waals surface area contributed by atoms with Crippen molar-refractivity contribution in [1.29, 1.82) is 0 Å². The maximum atomic E-state index is 12.4. The number of allylic oxidation sites excluding steroid dienone is 1. The molecule has 0 bridgehead atoms. The highest BCUT2D eigenvalue weighted by molar-refractivity contribution is 7.82. The Labute approximate surface area is 154 Å². The fourth-order valence-electron chi connectivity index (χ4n) is 1.39. The fraction of sp³-hybridized carbons (Fsp3) is 0.222. The van der Waals surface area contributed by atoms with Gasteiger partial charge in [0.25, 0.3) is 5.91 Å². The minimum absolute atomic E-state index is 0.144. The van der Waals surface area contributed by atoms with E-state index in [1.54, 1.807) is 43.4 Å². The van der Waals surface area contributed by atoms with Crippen LogP contribution in [0.1, 0.15) is 19.4 Å². The number of hydrogen-bond acceptors (Lipinski definition) is 4. The molecule has 0 saturated heterocycles. The molecule has 0 aliphatic rings. The lowest BCUT2D eigenvalue weighted by molar-refractivity contribution is -0.114. The van der Waals surface area contributed by atoms with Crippen molar-refractivity contribution < 1.29 is 14.3 Å². The summed E-state index contributed by atoms with van der Waals surface area (Å²) < 4.78 is 12.4. The lowest BCUT2D eigenvalue weighted by atomic mass is 10.2. The van der Waals surface area contributed by atoms with Gasteiger partial charge in [-0.3, -0.25) is 4.79 Å². The molecular formula is C18H24FN3O2S. The molecule has 0 saturated carbocycles. The minimum Gasteiger partial charge on any atom is -0.462 e. The van der Waals surface area contributed by atoms with E-state index in [1.165, 1.54) is 12.2 Å². The zero-order valence-electron chi connectivity index (χ0n) is 14.6. The van der Waals surface area contributed by atoms with Gasteiger partial charge in [0.05, 0.1) is 0 Å². The molecule has 0 aromatic heterocycles. The van der Waals surface area contributed by atoms with Gasteiger partial charge >= 0.3 is 0 Å². The number of aliphatic hydroxyl groups is 1. The second kappa shape index (κ2) is 14.7. The van der Waals surface area contributed by atoms with Crippen molar-refractivity contribution in [3.8, 4) is 12.5 Å². The van der Waals surface area contributed by atoms with E-state index in [2.05, 4.69) is 30.5 Å². The Morgan fingerprint density at radius 1 is 1.60 bits per heavy atom. The SMILES string of the molecule is C#CO.C=CN(C)/C=C(\C)NC(=O)C(N)=S.CCc1cccc(F)c1. The number of hydrogen-bond donors (Lipinski definition) is 3. The number of aliphatic hydroxyl groups excluding tert-OH is 1. The van der Waals surface area contributed by atoms with E-state index in [9.17, 15) is 9.18 Å². The highest BCUT2D eigenvalue weighted by Crippen LogP contribution is 2.02. The Morgan fingerprint density at radius 2 is 2.16 bits per heavy atom. The lowest BCUT2D eigenvalue weighted by Gasteiger charge is -2.09. The summed E-state index contributed by atoms with van der Waals surface area (Å²) in [5.41, 5.74) is 6.81. The average molecular weight is 365 g/mol. The van der Waals surface area contributed by atoms with E-state index in [0.717, 1.165) is 12.0 Å². The van der Waals surface area contributed by atoms with Gasteiger partial charge in [-0.15, -0.1) is 0 Å². The minimum atomic E-state index is -0.457. The molecule has 5 nitrogen and oxygen atoms in total. The first-order chi connectivity index (χ1) is 11.7. The molecule has 0 aliphatic heterocycles. The number of benzene rings is 1. The predicted octanol–water partition coefficient (Wildman–Crippen LogP) is 2.66. The van der Waals surface area contributed by atoms with Crippen LogP contribution in [0, 0.1) is 18.3 Å². The Morgan fingerprint density at radius 3 is 2.52 bits per heavy atom. The summed E-state index contributed by atoms with van der Waals surface area (Å²) in [6, 6.07) is 6.66. The van der Waals surface area contributed by atoms with E-state index in [1.807, 2.05) is 13.0 Å². The summed E-state index contributed by atoms with van der Waals surface area (Å²) in [4.78, 5) is 12.5. The molecule has 136 valence electrons. The maximum Gasteiger partial charge on any atom is 0.282 e. The van der Waals surface area contributed by atoms with Crippen LogP contribution >= 0.6 is 12.2 Å². The van der Waals surface area contributed by atoms with Gasteiger partial charge < -0.3 is 21.1 Å². The molecule has 0 spiro atoms. The van der Waals surface area contributed by atoms with Crippen LogP contribution in [-0.4, -0.2) is 27.9 Å². The van der Waals surface area contributed by atoms with E-state index >= 15 is 0 Å². The predicted molar refractivity (Wildman–Crippen MR) is 103 cm³/mol. The molecule has 1 rings (SSSR count). The molecule has 0 fully saturated rings. The van der Waals surface area contributed by atoms with E-state index in [-0.39, 0.29) is 10.8 Å². The van der Waals surface area contributed by atoms with Crippen molar-refractivity contribution in [2.24, 2.45) is 5.73 Å². The normalized spacial score (nSPS) is 9.16. The van der Waals surface area contributed by atoms with Gasteiger partial charge in [-0.1, -0.05) is 44.3 Å². The summed E-state index contributed by atoms with van der Waals surface area (Å²) >= 11 is 4.48. The number of nitrogens with two attached hydrogens (primary N) is 1. The second-order valence-corrected chi connectivity index (χ2v) is 5.03. The van der Waals surface area contributed by atoms with Crippen LogP contribution in [0.4, 0.5) is 4.39 Å². The first-order valence-electron chi connectivity index (χ1n) is 7.19. The van der Waals surface area contributed by atoms with Gasteiger partial charge in [-0.05, 0) is 37.2 Å². The molecule has 0 atom stereocenters. The van der Waals surface area contributed by atoms with Crippen LogP contribution in [0.25, 0.3) is 0 Å². The Bertz CT molecular complexity index is 639. The van der Waals surface area contributed by atoms with Crippen molar-refractivity contribution in [1.82, 2.24) is 10.2 Å². The molecule has 0 radical (unpaired) electrons. The zero-order valence-corrected chi connectivity index (χ0v) is 15.4. The highest BCUT2D eigenvalue weighted by Gasteiger charge is 2.03. The van der Waals surface area contributed by atoms with Crippen molar-refractivity contribution in [3.63, 3.8) is 0 Å². The first-order valence-corrected chi connectivity index (χ1v) is 7.60. The molecule has 0 unspecified atom stereocenters. The molecule has 1 aromatic carbocycles. The Kier molecular flexibility index (Phi) is 14.4. The van der Waals surface area contributed by atoms with Crippen LogP contribution < -0.4 is 11.1 Å². The van der Waals surface area contributed by atoms with Gasteiger partial charge in [0.15, 0.2) is 4.99 Å². The third kappa shape index (κ3) is 14.5. The summed E-state index contributed by atoms with van der Waals surface area (Å²) in [5.74, 6) is -0.601. The van der Waals surface area contributed by atoms with Gasteiger partial charge in [0.2, 0.25) is 0 Å². The summed E-state index contributed by atoms with van der Waals surface area (Å²) in [5, 5.41) is 9.61. The third-order valence-electron chi connectivity index (χ3n) is 2.52. The van der Waals surface area contributed by atoms with Gasteiger partial charge in [0.1, 0.15) is 11.9 Å². The van der Waals surface area contributed by atoms with Crippen molar-refractivity contribution in [2.45, 2.75) is 20.3 Å². The van der Waals surface area contributed by atoms with Crippen LogP contribution in [-0.2, 0) is 11.2 Å². The molecule has 7 heteroatoms. The maximum absolute atomic E-state index is 12.4. The number of halogens is 1. The number of aryl methyl sites for hydroxylation is 1. The van der Waals surface area contributed by atoms with Crippen LogP contribution in [0.5, 0.6) is 0 Å². The second-order valence-electron chi connectivity index (χ2n) is 4.59.